The average Bonchev–Trinajstić information content (AvgIpc) is 2.64. The second-order valence-electron chi connectivity index (χ2n) is 4.74. The van der Waals surface area contributed by atoms with Gasteiger partial charge < -0.3 is 9.84 Å². The molecule has 1 amide bonds. The van der Waals surface area contributed by atoms with Crippen molar-refractivity contribution in [2.75, 3.05) is 7.11 Å². The number of pyridine rings is 1. The van der Waals surface area contributed by atoms with Crippen molar-refractivity contribution in [3.8, 4) is 0 Å². The van der Waals surface area contributed by atoms with Crippen LogP contribution in [0.1, 0.15) is 36.1 Å². The van der Waals surface area contributed by atoms with Crippen molar-refractivity contribution in [2.45, 2.75) is 26.1 Å². The van der Waals surface area contributed by atoms with Gasteiger partial charge >= 0.3 is 5.97 Å². The predicted molar refractivity (Wildman–Crippen MR) is 66.0 cm³/mol. The fourth-order valence-electron chi connectivity index (χ4n) is 2.29. The van der Waals surface area contributed by atoms with E-state index in [-0.39, 0.29) is 11.6 Å². The second-order valence-corrected chi connectivity index (χ2v) is 4.74. The topological polar surface area (TPSA) is 79.7 Å². The summed E-state index contributed by atoms with van der Waals surface area (Å²) in [6.07, 6.45) is 0.317. The standard InChI is InChI=1S/C13H16N2O4/c1-7(2)10(13(18)19-3)15-11(16)8-5-4-6-14-9(8)12(15)17/h4-7,10-11,16H,1-3H3. The normalized spacial score (nSPS) is 19.5. The minimum absolute atomic E-state index is 0.180. The molecule has 102 valence electrons. The minimum Gasteiger partial charge on any atom is -0.467 e. The van der Waals surface area contributed by atoms with E-state index in [2.05, 4.69) is 4.98 Å². The van der Waals surface area contributed by atoms with Crippen LogP contribution in [0, 0.1) is 5.92 Å². The van der Waals surface area contributed by atoms with Gasteiger partial charge in [0.1, 0.15) is 11.7 Å². The third kappa shape index (κ3) is 2.08. The molecule has 0 saturated carbocycles. The first-order valence-electron chi connectivity index (χ1n) is 6.02. The number of fused-ring (bicyclic) bond motifs is 1. The lowest BCUT2D eigenvalue weighted by Crippen LogP contribution is -2.47. The van der Waals surface area contributed by atoms with Gasteiger partial charge in [0.15, 0.2) is 6.23 Å². The van der Waals surface area contributed by atoms with Crippen LogP contribution in [0.25, 0.3) is 0 Å². The Morgan fingerprint density at radius 1 is 1.53 bits per heavy atom. The molecule has 0 spiro atoms. The number of amides is 1. The Balaban J connectivity index is 2.42. The van der Waals surface area contributed by atoms with E-state index in [4.69, 9.17) is 4.74 Å². The molecule has 19 heavy (non-hydrogen) atoms. The van der Waals surface area contributed by atoms with E-state index in [1.165, 1.54) is 13.3 Å². The maximum absolute atomic E-state index is 12.3. The van der Waals surface area contributed by atoms with Crippen LogP contribution in [0.4, 0.5) is 0 Å². The molecule has 6 heteroatoms. The molecular weight excluding hydrogens is 248 g/mol. The van der Waals surface area contributed by atoms with Gasteiger partial charge in [0.2, 0.25) is 0 Å². The quantitative estimate of drug-likeness (QED) is 0.814. The Hall–Kier alpha value is -1.95. The fourth-order valence-corrected chi connectivity index (χ4v) is 2.29. The number of carbonyl (C=O) groups excluding carboxylic acids is 2. The van der Waals surface area contributed by atoms with Gasteiger partial charge in [0, 0.05) is 11.8 Å². The van der Waals surface area contributed by atoms with Crippen LogP contribution in [0.5, 0.6) is 0 Å². The molecule has 0 bridgehead atoms. The number of esters is 1. The van der Waals surface area contributed by atoms with Gasteiger partial charge in [-0.05, 0) is 12.0 Å². The molecule has 2 unspecified atom stereocenters. The Bertz CT molecular complexity index is 515. The molecule has 6 nitrogen and oxygen atoms in total. The average molecular weight is 264 g/mol. The highest BCUT2D eigenvalue weighted by atomic mass is 16.5. The zero-order chi connectivity index (χ0) is 14.2. The first-order valence-corrected chi connectivity index (χ1v) is 6.02. The van der Waals surface area contributed by atoms with Crippen LogP contribution in [-0.2, 0) is 9.53 Å². The highest BCUT2D eigenvalue weighted by Gasteiger charge is 2.45. The van der Waals surface area contributed by atoms with Crippen molar-refractivity contribution in [1.82, 2.24) is 9.88 Å². The zero-order valence-corrected chi connectivity index (χ0v) is 11.0. The fraction of sp³-hybridized carbons (Fsp3) is 0.462. The number of aliphatic hydroxyl groups is 1. The molecule has 1 aliphatic heterocycles. The second kappa shape index (κ2) is 4.97. The molecule has 0 aliphatic carbocycles. The largest absolute Gasteiger partial charge is 0.467 e. The monoisotopic (exact) mass is 264 g/mol. The van der Waals surface area contributed by atoms with Crippen LogP contribution in [0.2, 0.25) is 0 Å². The zero-order valence-electron chi connectivity index (χ0n) is 11.0. The molecule has 0 aromatic carbocycles. The molecule has 1 N–H and O–H groups in total. The Labute approximate surface area is 111 Å². The van der Waals surface area contributed by atoms with E-state index in [0.29, 0.717) is 5.56 Å². The van der Waals surface area contributed by atoms with Crippen LogP contribution >= 0.6 is 0 Å². The molecule has 1 aromatic rings. The molecule has 2 heterocycles. The molecule has 0 fully saturated rings. The molecule has 0 saturated heterocycles. The van der Waals surface area contributed by atoms with Gasteiger partial charge in [-0.2, -0.15) is 0 Å². The smallest absolute Gasteiger partial charge is 0.328 e. The first-order chi connectivity index (χ1) is 8.99. The van der Waals surface area contributed by atoms with E-state index in [1.807, 2.05) is 0 Å². The van der Waals surface area contributed by atoms with Crippen LogP contribution in [-0.4, -0.2) is 40.0 Å². The number of ether oxygens (including phenoxy) is 1. The van der Waals surface area contributed by atoms with E-state index in [9.17, 15) is 14.7 Å². The lowest BCUT2D eigenvalue weighted by molar-refractivity contribution is -0.151. The number of methoxy groups -OCH3 is 1. The number of hydrogen-bond acceptors (Lipinski definition) is 5. The highest BCUT2D eigenvalue weighted by molar-refractivity contribution is 5.99. The highest BCUT2D eigenvalue weighted by Crippen LogP contribution is 2.33. The van der Waals surface area contributed by atoms with Crippen molar-refractivity contribution >= 4 is 11.9 Å². The Morgan fingerprint density at radius 3 is 2.74 bits per heavy atom. The summed E-state index contributed by atoms with van der Waals surface area (Å²) in [5.41, 5.74) is 0.603. The van der Waals surface area contributed by atoms with Crippen LogP contribution in [0.3, 0.4) is 0 Å². The number of nitrogens with zero attached hydrogens (tertiary/aromatic N) is 2. The van der Waals surface area contributed by atoms with Gasteiger partial charge in [0.25, 0.3) is 5.91 Å². The molecule has 2 rings (SSSR count). The summed E-state index contributed by atoms with van der Waals surface area (Å²) in [6.45, 7) is 3.58. The SMILES string of the molecule is COC(=O)C(C(C)C)N1C(=O)c2ncccc2C1O. The third-order valence-corrected chi connectivity index (χ3v) is 3.19. The van der Waals surface area contributed by atoms with Gasteiger partial charge in [-0.15, -0.1) is 0 Å². The van der Waals surface area contributed by atoms with E-state index >= 15 is 0 Å². The number of hydrogen-bond donors (Lipinski definition) is 1. The summed E-state index contributed by atoms with van der Waals surface area (Å²) < 4.78 is 4.72. The van der Waals surface area contributed by atoms with Crippen molar-refractivity contribution in [1.29, 1.82) is 0 Å². The lowest BCUT2D eigenvalue weighted by Gasteiger charge is -2.31. The van der Waals surface area contributed by atoms with Crippen molar-refractivity contribution in [3.63, 3.8) is 0 Å². The summed E-state index contributed by atoms with van der Waals surface area (Å²) in [4.78, 5) is 29.2. The first kappa shape index (κ1) is 13.5. The number of carbonyl (C=O) groups is 2. The maximum atomic E-state index is 12.3. The number of aromatic nitrogens is 1. The van der Waals surface area contributed by atoms with Gasteiger partial charge in [0.05, 0.1) is 7.11 Å². The summed E-state index contributed by atoms with van der Waals surface area (Å²) in [6, 6.07) is 2.43. The molecule has 2 atom stereocenters. The number of aliphatic hydroxyl groups excluding tert-OH is 1. The van der Waals surface area contributed by atoms with Crippen molar-refractivity contribution in [2.24, 2.45) is 5.92 Å². The summed E-state index contributed by atoms with van der Waals surface area (Å²) in [5.74, 6) is -1.18. The van der Waals surface area contributed by atoms with Crippen molar-refractivity contribution in [3.05, 3.63) is 29.6 Å². The summed E-state index contributed by atoms with van der Waals surface area (Å²) >= 11 is 0. The summed E-state index contributed by atoms with van der Waals surface area (Å²) in [5, 5.41) is 10.2. The number of rotatable bonds is 3. The summed E-state index contributed by atoms with van der Waals surface area (Å²) in [7, 11) is 1.26. The molecule has 0 radical (unpaired) electrons. The third-order valence-electron chi connectivity index (χ3n) is 3.19. The lowest BCUT2D eigenvalue weighted by atomic mass is 10.0. The van der Waals surface area contributed by atoms with Crippen molar-refractivity contribution < 1.29 is 19.4 Å². The van der Waals surface area contributed by atoms with Gasteiger partial charge in [-0.3, -0.25) is 14.7 Å². The molecule has 1 aromatic heterocycles. The Morgan fingerprint density at radius 2 is 2.21 bits per heavy atom. The van der Waals surface area contributed by atoms with E-state index in [1.54, 1.807) is 26.0 Å². The van der Waals surface area contributed by atoms with Crippen LogP contribution in [0.15, 0.2) is 18.3 Å². The van der Waals surface area contributed by atoms with E-state index < -0.39 is 24.1 Å². The van der Waals surface area contributed by atoms with Crippen LogP contribution < -0.4 is 0 Å². The molecule has 1 aliphatic rings. The Kier molecular flexibility index (Phi) is 3.53. The van der Waals surface area contributed by atoms with E-state index in [0.717, 1.165) is 4.90 Å². The van der Waals surface area contributed by atoms with Gasteiger partial charge in [-0.1, -0.05) is 19.9 Å². The molecular formula is C13H16N2O4. The van der Waals surface area contributed by atoms with Gasteiger partial charge in [-0.25, -0.2) is 4.79 Å². The minimum atomic E-state index is -1.16. The predicted octanol–water partition coefficient (Wildman–Crippen LogP) is 0.726. The maximum Gasteiger partial charge on any atom is 0.328 e.